The molecule has 0 aromatic rings. The Morgan fingerprint density at radius 3 is 2.36 bits per heavy atom. The number of carbonyl (C=O) groups excluding carboxylic acids is 1. The minimum Gasteiger partial charge on any atom is -0.295 e. The van der Waals surface area contributed by atoms with Crippen LogP contribution in [0.4, 0.5) is 0 Å². The van der Waals surface area contributed by atoms with Crippen LogP contribution in [-0.4, -0.2) is 5.78 Å². The number of allylic oxidation sites excluding steroid dienone is 10. The van der Waals surface area contributed by atoms with Crippen molar-refractivity contribution in [2.24, 2.45) is 5.41 Å². The normalized spacial score (nSPS) is 20.3. The number of ketones is 1. The zero-order chi connectivity index (χ0) is 16.8. The Morgan fingerprint density at radius 1 is 1.09 bits per heavy atom. The quantitative estimate of drug-likeness (QED) is 0.442. The average molecular weight is 298 g/mol. The van der Waals surface area contributed by atoms with Gasteiger partial charge in [0.2, 0.25) is 0 Å². The third-order valence-corrected chi connectivity index (χ3v) is 4.20. The lowest BCUT2D eigenvalue weighted by Gasteiger charge is -2.32. The van der Waals surface area contributed by atoms with E-state index in [0.717, 1.165) is 5.57 Å². The molecule has 1 heteroatoms. The van der Waals surface area contributed by atoms with Gasteiger partial charge in [0, 0.05) is 0 Å². The van der Waals surface area contributed by atoms with Crippen LogP contribution in [-0.2, 0) is 4.79 Å². The molecule has 0 unspecified atom stereocenters. The van der Waals surface area contributed by atoms with Gasteiger partial charge in [0.15, 0.2) is 5.78 Å². The highest BCUT2D eigenvalue weighted by Crippen LogP contribution is 2.40. The number of rotatable bonds is 5. The zero-order valence-electron chi connectivity index (χ0n) is 15.0. The fourth-order valence-electron chi connectivity index (χ4n) is 3.00. The van der Waals surface area contributed by atoms with E-state index in [-0.39, 0.29) is 11.2 Å². The van der Waals surface area contributed by atoms with Crippen LogP contribution in [0.15, 0.2) is 58.7 Å². The molecule has 0 atom stereocenters. The second kappa shape index (κ2) is 8.12. The van der Waals surface area contributed by atoms with E-state index in [1.54, 1.807) is 13.0 Å². The molecule has 0 radical (unpaired) electrons. The molecule has 1 aliphatic carbocycles. The second-order valence-electron chi connectivity index (χ2n) is 7.03. The maximum Gasteiger partial charge on any atom is 0.152 e. The topological polar surface area (TPSA) is 17.1 Å². The fourth-order valence-corrected chi connectivity index (χ4v) is 3.00. The molecule has 0 spiro atoms. The van der Waals surface area contributed by atoms with E-state index in [1.807, 2.05) is 19.1 Å². The van der Waals surface area contributed by atoms with Gasteiger partial charge < -0.3 is 0 Å². The van der Waals surface area contributed by atoms with Crippen LogP contribution in [0.2, 0.25) is 0 Å². The molecule has 0 bridgehead atoms. The van der Waals surface area contributed by atoms with Crippen molar-refractivity contribution in [2.45, 2.75) is 60.8 Å². The lowest BCUT2D eigenvalue weighted by Crippen LogP contribution is -2.19. The Hall–Kier alpha value is -1.63. The van der Waals surface area contributed by atoms with Crippen LogP contribution in [0.25, 0.3) is 0 Å². The first-order chi connectivity index (χ1) is 10.2. The summed E-state index contributed by atoms with van der Waals surface area (Å²) in [6, 6.07) is 0. The van der Waals surface area contributed by atoms with E-state index in [0.29, 0.717) is 0 Å². The monoisotopic (exact) mass is 298 g/mol. The van der Waals surface area contributed by atoms with E-state index in [9.17, 15) is 4.79 Å². The Morgan fingerprint density at radius 2 is 1.77 bits per heavy atom. The molecule has 120 valence electrons. The fraction of sp³-hybridized carbons (Fsp3) is 0.476. The van der Waals surface area contributed by atoms with Gasteiger partial charge in [-0.2, -0.15) is 0 Å². The molecule has 1 aliphatic rings. The third-order valence-electron chi connectivity index (χ3n) is 4.20. The molecule has 1 nitrogen and oxygen atoms in total. The number of hydrogen-bond donors (Lipinski definition) is 0. The van der Waals surface area contributed by atoms with Crippen LogP contribution in [0.5, 0.6) is 0 Å². The largest absolute Gasteiger partial charge is 0.295 e. The van der Waals surface area contributed by atoms with Gasteiger partial charge in [-0.25, -0.2) is 0 Å². The van der Waals surface area contributed by atoms with Crippen molar-refractivity contribution < 1.29 is 4.79 Å². The molecule has 1 rings (SSSR count). The van der Waals surface area contributed by atoms with Gasteiger partial charge in [-0.1, -0.05) is 55.4 Å². The molecule has 0 saturated heterocycles. The Bertz CT molecular complexity index is 563. The average Bonchev–Trinajstić information content (AvgIpc) is 2.36. The maximum absolute atomic E-state index is 11.0. The molecular formula is C21H30O. The van der Waals surface area contributed by atoms with Gasteiger partial charge >= 0.3 is 0 Å². The third kappa shape index (κ3) is 6.01. The van der Waals surface area contributed by atoms with E-state index in [1.165, 1.54) is 36.0 Å². The van der Waals surface area contributed by atoms with Crippen LogP contribution in [0.3, 0.4) is 0 Å². The molecule has 0 fully saturated rings. The molecule has 22 heavy (non-hydrogen) atoms. The van der Waals surface area contributed by atoms with Gasteiger partial charge in [-0.05, 0) is 69.6 Å². The Labute approximate surface area is 136 Å². The predicted molar refractivity (Wildman–Crippen MR) is 96.8 cm³/mol. The second-order valence-corrected chi connectivity index (χ2v) is 7.03. The van der Waals surface area contributed by atoms with Gasteiger partial charge in [-0.15, -0.1) is 0 Å². The van der Waals surface area contributed by atoms with Crippen molar-refractivity contribution in [3.05, 3.63) is 58.7 Å². The summed E-state index contributed by atoms with van der Waals surface area (Å²) in [4.78, 5) is 11.0. The van der Waals surface area contributed by atoms with Crippen molar-refractivity contribution in [3.63, 3.8) is 0 Å². The van der Waals surface area contributed by atoms with Crippen LogP contribution in [0.1, 0.15) is 60.8 Å². The smallest absolute Gasteiger partial charge is 0.152 e. The van der Waals surface area contributed by atoms with Crippen molar-refractivity contribution in [1.29, 1.82) is 0 Å². The minimum atomic E-state index is 0.0877. The SMILES string of the molecule is CC(=O)\C=C(C)/C=C\C=C(C)/C=C\C1=C(C)CCCC1(C)C. The predicted octanol–water partition coefficient (Wildman–Crippen LogP) is 6.11. The lowest BCUT2D eigenvalue weighted by molar-refractivity contribution is -0.112. The van der Waals surface area contributed by atoms with E-state index < -0.39 is 0 Å². The highest BCUT2D eigenvalue weighted by Gasteiger charge is 2.26. The summed E-state index contributed by atoms with van der Waals surface area (Å²) in [5.41, 5.74) is 5.50. The zero-order valence-corrected chi connectivity index (χ0v) is 15.0. The van der Waals surface area contributed by atoms with Crippen LogP contribution >= 0.6 is 0 Å². The van der Waals surface area contributed by atoms with Gasteiger partial charge in [0.25, 0.3) is 0 Å². The summed E-state index contributed by atoms with van der Waals surface area (Å²) in [6.07, 6.45) is 16.0. The summed E-state index contributed by atoms with van der Waals surface area (Å²) in [5.74, 6) is 0.0877. The van der Waals surface area contributed by atoms with E-state index >= 15 is 0 Å². The van der Waals surface area contributed by atoms with Gasteiger partial charge in [0.05, 0.1) is 0 Å². The summed E-state index contributed by atoms with van der Waals surface area (Å²) in [7, 11) is 0. The van der Waals surface area contributed by atoms with E-state index in [2.05, 4.69) is 45.9 Å². The highest BCUT2D eigenvalue weighted by molar-refractivity contribution is 5.88. The molecule has 0 amide bonds. The minimum absolute atomic E-state index is 0.0877. The summed E-state index contributed by atoms with van der Waals surface area (Å²) in [6.45, 7) is 12.6. The molecule has 0 heterocycles. The van der Waals surface area contributed by atoms with E-state index in [4.69, 9.17) is 0 Å². The summed E-state index contributed by atoms with van der Waals surface area (Å²) >= 11 is 0. The van der Waals surface area contributed by atoms with Crippen molar-refractivity contribution in [3.8, 4) is 0 Å². The van der Waals surface area contributed by atoms with Gasteiger partial charge in [-0.3, -0.25) is 4.79 Å². The highest BCUT2D eigenvalue weighted by atomic mass is 16.1. The number of hydrogen-bond acceptors (Lipinski definition) is 1. The van der Waals surface area contributed by atoms with Crippen LogP contribution in [0, 0.1) is 5.41 Å². The number of carbonyl (C=O) groups is 1. The molecular weight excluding hydrogens is 268 g/mol. The molecule has 0 aliphatic heterocycles. The van der Waals surface area contributed by atoms with Crippen LogP contribution < -0.4 is 0 Å². The van der Waals surface area contributed by atoms with Crippen molar-refractivity contribution in [2.75, 3.05) is 0 Å². The molecule has 0 aromatic heterocycles. The summed E-state index contributed by atoms with van der Waals surface area (Å²) in [5, 5.41) is 0. The summed E-state index contributed by atoms with van der Waals surface area (Å²) < 4.78 is 0. The first-order valence-corrected chi connectivity index (χ1v) is 8.14. The first kappa shape index (κ1) is 18.4. The Kier molecular flexibility index (Phi) is 6.80. The molecule has 0 N–H and O–H groups in total. The first-order valence-electron chi connectivity index (χ1n) is 8.14. The standard InChI is InChI=1S/C21H30O/c1-16(9-7-10-17(2)15-19(4)22)12-13-20-18(3)11-8-14-21(20,5)6/h7,9-10,12-13,15H,8,11,14H2,1-6H3/b10-7-,13-12-,16-9-,17-15-. The maximum atomic E-state index is 11.0. The molecule has 0 aromatic carbocycles. The van der Waals surface area contributed by atoms with Gasteiger partial charge in [0.1, 0.15) is 0 Å². The van der Waals surface area contributed by atoms with Crippen molar-refractivity contribution >= 4 is 5.78 Å². The molecule has 0 saturated carbocycles. The van der Waals surface area contributed by atoms with Crippen molar-refractivity contribution in [1.82, 2.24) is 0 Å². The lowest BCUT2D eigenvalue weighted by atomic mass is 9.72. The Balaban J connectivity index is 2.79.